The Bertz CT molecular complexity index is 220. The number of anilines is 1. The van der Waals surface area contributed by atoms with Crippen LogP contribution in [0.3, 0.4) is 0 Å². The molecule has 0 aliphatic carbocycles. The largest absolute Gasteiger partial charge is 0.399 e. The Kier molecular flexibility index (Phi) is 4.02. The first-order valence-corrected chi connectivity index (χ1v) is 5.13. The molecule has 0 amide bonds. The second-order valence-corrected chi connectivity index (χ2v) is 3.89. The quantitative estimate of drug-likeness (QED) is 0.656. The molecule has 1 nitrogen and oxygen atoms in total. The van der Waals surface area contributed by atoms with Crippen molar-refractivity contribution in [3.63, 3.8) is 0 Å². The van der Waals surface area contributed by atoms with E-state index in [4.69, 9.17) is 5.73 Å². The predicted molar refractivity (Wildman–Crippen MR) is 52.7 cm³/mol. The van der Waals surface area contributed by atoms with E-state index >= 15 is 0 Å². The minimum Gasteiger partial charge on any atom is -0.399 e. The first-order chi connectivity index (χ1) is 6.18. The van der Waals surface area contributed by atoms with E-state index in [1.807, 2.05) is 11.8 Å². The zero-order valence-electron chi connectivity index (χ0n) is 7.09. The molecule has 0 bridgehead atoms. The van der Waals surface area contributed by atoms with Crippen LogP contribution in [0.15, 0.2) is 18.2 Å². The van der Waals surface area contributed by atoms with Crippen LogP contribution < -0.4 is 5.73 Å². The van der Waals surface area contributed by atoms with Gasteiger partial charge in [-0.05, 0) is 30.1 Å². The molecule has 1 fully saturated rings. The molecule has 2 N–H and O–H groups in total. The van der Waals surface area contributed by atoms with E-state index in [1.54, 1.807) is 0 Å². The maximum atomic E-state index is 12.1. The fraction of sp³-hybridized carbons (Fsp3) is 0.333. The van der Waals surface area contributed by atoms with E-state index in [1.165, 1.54) is 17.9 Å². The number of hydrogen-bond acceptors (Lipinski definition) is 2. The topological polar surface area (TPSA) is 26.0 Å². The predicted octanol–water partition coefficient (Wildman–Crippen LogP) is 2.67. The summed E-state index contributed by atoms with van der Waals surface area (Å²) in [5.41, 5.74) is 5.18. The van der Waals surface area contributed by atoms with Crippen molar-refractivity contribution in [1.82, 2.24) is 0 Å². The molecule has 0 aromatic heterocycles. The molecule has 1 saturated heterocycles. The lowest BCUT2D eigenvalue weighted by Crippen LogP contribution is -1.94. The minimum atomic E-state index is -0.646. The standard InChI is InChI=1S/C6H5F2N.C3H6S/c7-4-1-5(8)3-6(9)2-4;1-2-4-3-1/h1-3H,9H2;1-3H2. The Morgan fingerprint density at radius 3 is 1.69 bits per heavy atom. The summed E-state index contributed by atoms with van der Waals surface area (Å²) >= 11 is 2.04. The summed E-state index contributed by atoms with van der Waals surface area (Å²) in [6.45, 7) is 0. The third kappa shape index (κ3) is 4.12. The average molecular weight is 203 g/mol. The maximum Gasteiger partial charge on any atom is 0.128 e. The first kappa shape index (κ1) is 10.3. The Labute approximate surface area is 80.3 Å². The van der Waals surface area contributed by atoms with Gasteiger partial charge in [-0.25, -0.2) is 8.78 Å². The fourth-order valence-electron chi connectivity index (χ4n) is 0.720. The highest BCUT2D eigenvalue weighted by Crippen LogP contribution is 2.14. The molecule has 1 aliphatic rings. The van der Waals surface area contributed by atoms with Gasteiger partial charge in [-0.2, -0.15) is 11.8 Å². The molecule has 0 spiro atoms. The number of halogens is 2. The maximum absolute atomic E-state index is 12.1. The SMILES string of the molecule is C1CSC1.Nc1cc(F)cc(F)c1. The van der Waals surface area contributed by atoms with Crippen molar-refractivity contribution in [3.05, 3.63) is 29.8 Å². The van der Waals surface area contributed by atoms with Crippen LogP contribution in [0.2, 0.25) is 0 Å². The summed E-state index contributed by atoms with van der Waals surface area (Å²) in [6.07, 6.45) is 1.46. The van der Waals surface area contributed by atoms with Crippen LogP contribution in [0.4, 0.5) is 14.5 Å². The van der Waals surface area contributed by atoms with Crippen LogP contribution >= 0.6 is 11.8 Å². The van der Waals surface area contributed by atoms with Gasteiger partial charge in [-0.15, -0.1) is 0 Å². The van der Waals surface area contributed by atoms with Crippen LogP contribution in [-0.4, -0.2) is 11.5 Å². The summed E-state index contributed by atoms with van der Waals surface area (Å²) in [4.78, 5) is 0. The van der Waals surface area contributed by atoms with Gasteiger partial charge in [0, 0.05) is 11.8 Å². The summed E-state index contributed by atoms with van der Waals surface area (Å²) in [5.74, 6) is 1.54. The molecule has 0 unspecified atom stereocenters. The van der Waals surface area contributed by atoms with Gasteiger partial charge in [0.05, 0.1) is 0 Å². The molecule has 72 valence electrons. The lowest BCUT2D eigenvalue weighted by Gasteiger charge is -2.05. The summed E-state index contributed by atoms with van der Waals surface area (Å²) in [5, 5.41) is 0. The molecule has 0 radical (unpaired) electrons. The molecule has 4 heteroatoms. The van der Waals surface area contributed by atoms with Crippen LogP contribution in [-0.2, 0) is 0 Å². The van der Waals surface area contributed by atoms with Crippen molar-refractivity contribution < 1.29 is 8.78 Å². The number of thioether (sulfide) groups is 1. The summed E-state index contributed by atoms with van der Waals surface area (Å²) in [6, 6.07) is 2.89. The van der Waals surface area contributed by atoms with Crippen LogP contribution in [0.25, 0.3) is 0 Å². The van der Waals surface area contributed by atoms with Gasteiger partial charge in [0.15, 0.2) is 0 Å². The summed E-state index contributed by atoms with van der Waals surface area (Å²) < 4.78 is 24.2. The monoisotopic (exact) mass is 203 g/mol. The molecular formula is C9H11F2NS. The fourth-order valence-corrected chi connectivity index (χ4v) is 1.01. The lowest BCUT2D eigenvalue weighted by atomic mass is 10.3. The Morgan fingerprint density at radius 1 is 1.08 bits per heavy atom. The van der Waals surface area contributed by atoms with Crippen molar-refractivity contribution in [2.45, 2.75) is 6.42 Å². The van der Waals surface area contributed by atoms with Gasteiger partial charge in [-0.3, -0.25) is 0 Å². The van der Waals surface area contributed by atoms with E-state index in [-0.39, 0.29) is 5.69 Å². The zero-order valence-corrected chi connectivity index (χ0v) is 7.91. The van der Waals surface area contributed by atoms with Gasteiger partial charge in [0.25, 0.3) is 0 Å². The number of benzene rings is 1. The molecular weight excluding hydrogens is 192 g/mol. The van der Waals surface area contributed by atoms with Crippen molar-refractivity contribution in [2.75, 3.05) is 17.2 Å². The molecule has 1 aromatic carbocycles. The van der Waals surface area contributed by atoms with Gasteiger partial charge in [0.1, 0.15) is 11.6 Å². The third-order valence-corrected chi connectivity index (χ3v) is 2.62. The van der Waals surface area contributed by atoms with Gasteiger partial charge < -0.3 is 5.73 Å². The van der Waals surface area contributed by atoms with Gasteiger partial charge in [0.2, 0.25) is 0 Å². The molecule has 1 heterocycles. The molecule has 1 aliphatic heterocycles. The lowest BCUT2D eigenvalue weighted by molar-refractivity contribution is 0.584. The van der Waals surface area contributed by atoms with Crippen LogP contribution in [0, 0.1) is 11.6 Å². The minimum absolute atomic E-state index is 0.104. The summed E-state index contributed by atoms with van der Waals surface area (Å²) in [7, 11) is 0. The molecule has 0 atom stereocenters. The normalized spacial score (nSPS) is 14.0. The van der Waals surface area contributed by atoms with E-state index in [9.17, 15) is 8.78 Å². The molecule has 2 rings (SSSR count). The van der Waals surface area contributed by atoms with E-state index in [2.05, 4.69) is 0 Å². The first-order valence-electron chi connectivity index (χ1n) is 3.98. The second kappa shape index (κ2) is 5.07. The Hall–Kier alpha value is -0.770. The highest BCUT2D eigenvalue weighted by Gasteiger charge is 1.95. The number of hydrogen-bond donors (Lipinski definition) is 1. The zero-order chi connectivity index (χ0) is 9.68. The van der Waals surface area contributed by atoms with E-state index < -0.39 is 11.6 Å². The molecule has 13 heavy (non-hydrogen) atoms. The van der Waals surface area contributed by atoms with Crippen LogP contribution in [0.5, 0.6) is 0 Å². The number of nitrogens with two attached hydrogens (primary N) is 1. The smallest absolute Gasteiger partial charge is 0.128 e. The Morgan fingerprint density at radius 2 is 1.46 bits per heavy atom. The highest BCUT2D eigenvalue weighted by molar-refractivity contribution is 8.00. The van der Waals surface area contributed by atoms with Crippen molar-refractivity contribution >= 4 is 17.4 Å². The van der Waals surface area contributed by atoms with Crippen LogP contribution in [0.1, 0.15) is 6.42 Å². The van der Waals surface area contributed by atoms with E-state index in [0.717, 1.165) is 18.2 Å². The molecule has 0 saturated carbocycles. The average Bonchev–Trinajstić information content (AvgIpc) is 1.77. The van der Waals surface area contributed by atoms with E-state index in [0.29, 0.717) is 0 Å². The van der Waals surface area contributed by atoms with Gasteiger partial charge in [-0.1, -0.05) is 0 Å². The molecule has 1 aromatic rings. The highest BCUT2D eigenvalue weighted by atomic mass is 32.2. The van der Waals surface area contributed by atoms with Crippen molar-refractivity contribution in [3.8, 4) is 0 Å². The van der Waals surface area contributed by atoms with Gasteiger partial charge >= 0.3 is 0 Å². The van der Waals surface area contributed by atoms with Crippen molar-refractivity contribution in [1.29, 1.82) is 0 Å². The van der Waals surface area contributed by atoms with Crippen molar-refractivity contribution in [2.24, 2.45) is 0 Å². The second-order valence-electron chi connectivity index (χ2n) is 2.67. The number of nitrogen functional groups attached to an aromatic ring is 1. The number of rotatable bonds is 0. The third-order valence-electron chi connectivity index (χ3n) is 1.46. The Balaban J connectivity index is 0.000000175.